The van der Waals surface area contributed by atoms with Crippen LogP contribution in [0.3, 0.4) is 0 Å². The van der Waals surface area contributed by atoms with E-state index in [1.54, 1.807) is 0 Å². The first-order valence-electron chi connectivity index (χ1n) is 6.68. The highest BCUT2D eigenvalue weighted by Gasteiger charge is 2.45. The third-order valence-corrected chi connectivity index (χ3v) is 4.12. The molecule has 0 aliphatic heterocycles. The van der Waals surface area contributed by atoms with E-state index < -0.39 is 0 Å². The van der Waals surface area contributed by atoms with Crippen LogP contribution in [0.15, 0.2) is 0 Å². The monoisotopic (exact) mass is 228 g/mol. The summed E-state index contributed by atoms with van der Waals surface area (Å²) < 4.78 is 0. The van der Waals surface area contributed by atoms with Crippen LogP contribution in [0.5, 0.6) is 0 Å². The number of rotatable bonds is 6. The van der Waals surface area contributed by atoms with Crippen LogP contribution in [0.25, 0.3) is 0 Å². The van der Waals surface area contributed by atoms with Crippen LogP contribution in [-0.4, -0.2) is 18.1 Å². The second kappa shape index (κ2) is 6.02. The van der Waals surface area contributed by atoms with Crippen LogP contribution in [0.4, 0.5) is 0 Å². The highest BCUT2D eigenvalue weighted by Crippen LogP contribution is 2.41. The summed E-state index contributed by atoms with van der Waals surface area (Å²) in [6, 6.07) is 1.15. The molecule has 0 radical (unpaired) electrons. The summed E-state index contributed by atoms with van der Waals surface area (Å²) in [6.45, 7) is 18.0. The van der Waals surface area contributed by atoms with Gasteiger partial charge in [-0.15, -0.1) is 0 Å². The third-order valence-electron chi connectivity index (χ3n) is 4.12. The minimum atomic E-state index is 0.157. The van der Waals surface area contributed by atoms with Crippen molar-refractivity contribution in [3.05, 3.63) is 0 Å². The second-order valence-corrected chi connectivity index (χ2v) is 6.14. The molecular formula is C14H32N2. The predicted octanol–water partition coefficient (Wildman–Crippen LogP) is 3.02. The minimum absolute atomic E-state index is 0.157. The molecule has 0 heterocycles. The van der Waals surface area contributed by atoms with Crippen molar-refractivity contribution in [3.8, 4) is 0 Å². The summed E-state index contributed by atoms with van der Waals surface area (Å²) in [6.07, 6.45) is 0. The smallest absolute Gasteiger partial charge is 0.0117 e. The van der Waals surface area contributed by atoms with Gasteiger partial charge in [0.15, 0.2) is 0 Å². The zero-order valence-corrected chi connectivity index (χ0v) is 12.5. The van der Waals surface area contributed by atoms with Crippen LogP contribution in [-0.2, 0) is 0 Å². The Morgan fingerprint density at radius 2 is 1.19 bits per heavy atom. The average molecular weight is 228 g/mol. The molecule has 0 aromatic carbocycles. The molecular weight excluding hydrogens is 196 g/mol. The average Bonchev–Trinajstić information content (AvgIpc) is 1.99. The first-order chi connectivity index (χ1) is 7.17. The van der Waals surface area contributed by atoms with Gasteiger partial charge in [0.2, 0.25) is 0 Å². The van der Waals surface area contributed by atoms with E-state index in [2.05, 4.69) is 60.7 Å². The van der Waals surface area contributed by atoms with Crippen molar-refractivity contribution in [1.29, 1.82) is 0 Å². The number of nitrogens with one attached hydrogen (secondary N) is 1. The van der Waals surface area contributed by atoms with E-state index in [0.29, 0.717) is 23.9 Å². The van der Waals surface area contributed by atoms with E-state index in [-0.39, 0.29) is 11.5 Å². The lowest BCUT2D eigenvalue weighted by Crippen LogP contribution is -2.59. The van der Waals surface area contributed by atoms with Gasteiger partial charge in [0.05, 0.1) is 0 Å². The Labute approximate surface area is 102 Å². The topological polar surface area (TPSA) is 38.0 Å². The van der Waals surface area contributed by atoms with Crippen molar-refractivity contribution >= 4 is 0 Å². The van der Waals surface area contributed by atoms with Crippen LogP contribution in [0.2, 0.25) is 0 Å². The van der Waals surface area contributed by atoms with Gasteiger partial charge in [-0.05, 0) is 25.7 Å². The quantitative estimate of drug-likeness (QED) is 0.733. The molecule has 0 saturated heterocycles. The standard InChI is InChI=1S/C14H32N2/c1-9(2)14(10(3)4,12(7)15)13(8)16-11(5)6/h9-13,16H,15H2,1-8H3. The molecule has 98 valence electrons. The molecule has 0 aliphatic carbocycles. The zero-order valence-electron chi connectivity index (χ0n) is 12.5. The summed E-state index contributed by atoms with van der Waals surface area (Å²) in [5.74, 6) is 1.16. The lowest BCUT2D eigenvalue weighted by atomic mass is 9.60. The molecule has 2 atom stereocenters. The van der Waals surface area contributed by atoms with Crippen molar-refractivity contribution in [2.75, 3.05) is 0 Å². The maximum atomic E-state index is 6.31. The van der Waals surface area contributed by atoms with Crippen LogP contribution in [0, 0.1) is 17.3 Å². The van der Waals surface area contributed by atoms with E-state index in [0.717, 1.165) is 0 Å². The molecule has 2 nitrogen and oxygen atoms in total. The van der Waals surface area contributed by atoms with E-state index >= 15 is 0 Å². The molecule has 0 saturated carbocycles. The van der Waals surface area contributed by atoms with Crippen molar-refractivity contribution in [2.45, 2.75) is 73.5 Å². The van der Waals surface area contributed by atoms with Crippen molar-refractivity contribution in [2.24, 2.45) is 23.0 Å². The Morgan fingerprint density at radius 3 is 1.38 bits per heavy atom. The first kappa shape index (κ1) is 15.9. The Hall–Kier alpha value is -0.0800. The third kappa shape index (κ3) is 2.98. The summed E-state index contributed by atoms with van der Waals surface area (Å²) in [5.41, 5.74) is 6.47. The highest BCUT2D eigenvalue weighted by atomic mass is 15.0. The van der Waals surface area contributed by atoms with E-state index in [4.69, 9.17) is 5.73 Å². The summed E-state index contributed by atoms with van der Waals surface area (Å²) in [7, 11) is 0. The van der Waals surface area contributed by atoms with Gasteiger partial charge in [-0.25, -0.2) is 0 Å². The van der Waals surface area contributed by atoms with Gasteiger partial charge in [0.25, 0.3) is 0 Å². The summed E-state index contributed by atoms with van der Waals surface area (Å²) in [5, 5.41) is 3.65. The van der Waals surface area contributed by atoms with Crippen LogP contribution >= 0.6 is 0 Å². The normalized spacial score (nSPS) is 17.2. The van der Waals surface area contributed by atoms with Gasteiger partial charge in [-0.3, -0.25) is 0 Å². The molecule has 0 spiro atoms. The number of hydrogen-bond donors (Lipinski definition) is 2. The zero-order chi connectivity index (χ0) is 13.1. The number of nitrogens with two attached hydrogens (primary N) is 1. The van der Waals surface area contributed by atoms with Crippen LogP contribution in [0.1, 0.15) is 55.4 Å². The summed E-state index contributed by atoms with van der Waals surface area (Å²) >= 11 is 0. The molecule has 2 heteroatoms. The largest absolute Gasteiger partial charge is 0.327 e. The predicted molar refractivity (Wildman–Crippen MR) is 73.5 cm³/mol. The molecule has 0 amide bonds. The number of hydrogen-bond acceptors (Lipinski definition) is 2. The maximum absolute atomic E-state index is 6.31. The Bertz CT molecular complexity index is 173. The summed E-state index contributed by atoms with van der Waals surface area (Å²) in [4.78, 5) is 0. The SMILES string of the molecule is CC(C)NC(C)C(C(C)C)(C(C)C)C(C)N. The molecule has 0 bridgehead atoms. The Kier molecular flexibility index (Phi) is 5.99. The van der Waals surface area contributed by atoms with Gasteiger partial charge < -0.3 is 11.1 Å². The minimum Gasteiger partial charge on any atom is -0.327 e. The lowest BCUT2D eigenvalue weighted by molar-refractivity contribution is 0.0353. The van der Waals surface area contributed by atoms with E-state index in [1.165, 1.54) is 0 Å². The van der Waals surface area contributed by atoms with Crippen molar-refractivity contribution in [3.63, 3.8) is 0 Å². The van der Waals surface area contributed by atoms with Crippen molar-refractivity contribution < 1.29 is 0 Å². The maximum Gasteiger partial charge on any atom is 0.0117 e. The first-order valence-corrected chi connectivity index (χ1v) is 6.68. The fourth-order valence-electron chi connectivity index (χ4n) is 3.76. The highest BCUT2D eigenvalue weighted by molar-refractivity contribution is 4.99. The molecule has 0 aromatic heterocycles. The molecule has 0 rings (SSSR count). The van der Waals surface area contributed by atoms with Gasteiger partial charge in [0.1, 0.15) is 0 Å². The Balaban J connectivity index is 5.18. The Morgan fingerprint density at radius 1 is 0.812 bits per heavy atom. The molecule has 2 unspecified atom stereocenters. The van der Waals surface area contributed by atoms with Gasteiger partial charge in [-0.1, -0.05) is 41.5 Å². The fourth-order valence-corrected chi connectivity index (χ4v) is 3.76. The molecule has 0 aromatic rings. The molecule has 0 fully saturated rings. The fraction of sp³-hybridized carbons (Fsp3) is 1.00. The van der Waals surface area contributed by atoms with Gasteiger partial charge in [-0.2, -0.15) is 0 Å². The van der Waals surface area contributed by atoms with Gasteiger partial charge in [0, 0.05) is 23.5 Å². The van der Waals surface area contributed by atoms with Gasteiger partial charge >= 0.3 is 0 Å². The molecule has 16 heavy (non-hydrogen) atoms. The van der Waals surface area contributed by atoms with E-state index in [1.807, 2.05) is 0 Å². The molecule has 0 aliphatic rings. The molecule has 3 N–H and O–H groups in total. The lowest BCUT2D eigenvalue weighted by Gasteiger charge is -2.50. The van der Waals surface area contributed by atoms with E-state index in [9.17, 15) is 0 Å². The van der Waals surface area contributed by atoms with Crippen LogP contribution < -0.4 is 11.1 Å². The van der Waals surface area contributed by atoms with Crippen molar-refractivity contribution in [1.82, 2.24) is 5.32 Å². The second-order valence-electron chi connectivity index (χ2n) is 6.14.